The zero-order chi connectivity index (χ0) is 20.9. The summed E-state index contributed by atoms with van der Waals surface area (Å²) in [5.74, 6) is 0.0424. The molecule has 3 aromatic rings. The molecule has 8 nitrogen and oxygen atoms in total. The molecule has 0 aliphatic carbocycles. The summed E-state index contributed by atoms with van der Waals surface area (Å²) in [6, 6.07) is 17.7. The van der Waals surface area contributed by atoms with Crippen LogP contribution in [0.1, 0.15) is 29.2 Å². The van der Waals surface area contributed by atoms with Crippen LogP contribution in [0.15, 0.2) is 60.8 Å². The summed E-state index contributed by atoms with van der Waals surface area (Å²) in [5, 5.41) is 19.3. The minimum Gasteiger partial charge on any atom is -0.391 e. The molecule has 0 spiro atoms. The van der Waals surface area contributed by atoms with E-state index in [0.717, 1.165) is 35.5 Å². The van der Waals surface area contributed by atoms with Crippen LogP contribution in [-0.2, 0) is 24.4 Å². The van der Waals surface area contributed by atoms with E-state index in [1.54, 1.807) is 4.68 Å². The third-order valence-corrected chi connectivity index (χ3v) is 5.78. The van der Waals surface area contributed by atoms with E-state index in [-0.39, 0.29) is 5.92 Å². The number of nitrogens with zero attached hydrogens (tertiary/aromatic N) is 4. The number of aliphatic hydroxyl groups is 1. The first-order valence-corrected chi connectivity index (χ1v) is 11.0. The van der Waals surface area contributed by atoms with Crippen molar-refractivity contribution in [3.05, 3.63) is 77.6 Å². The topological polar surface area (TPSA) is 104 Å². The molecule has 2 aromatic carbocycles. The predicted molar refractivity (Wildman–Crippen MR) is 114 cm³/mol. The molecule has 4 rings (SSSR count). The van der Waals surface area contributed by atoms with Gasteiger partial charge in [0.05, 0.1) is 23.7 Å². The zero-order valence-electron chi connectivity index (χ0n) is 16.5. The summed E-state index contributed by atoms with van der Waals surface area (Å²) in [6.45, 7) is 2.36. The van der Waals surface area contributed by atoms with Gasteiger partial charge in [-0.2, -0.15) is 0 Å². The first kappa shape index (κ1) is 20.8. The Bertz CT molecular complexity index is 997. The maximum atomic E-state index is 10.8. The van der Waals surface area contributed by atoms with Gasteiger partial charge in [-0.1, -0.05) is 47.7 Å². The molecule has 0 radical (unpaired) electrons. The number of para-hydroxylation sites is 1. The standard InChI is InChI=1S/C21H25N5O3S/c27-21-15-25(13-18-14-26(24-23-18)19-7-2-1-3-8-19)10-9-20(21)17-6-4-5-16(11-17)12-22-30(28)29/h1-8,11,14,20-22,27H,9-10,12-13,15H2,(H,28,29)/t20-,21-/m0/s1. The third-order valence-electron chi connectivity index (χ3n) is 5.39. The van der Waals surface area contributed by atoms with Crippen molar-refractivity contribution in [2.75, 3.05) is 13.1 Å². The van der Waals surface area contributed by atoms with Crippen molar-refractivity contribution < 1.29 is 13.9 Å². The van der Waals surface area contributed by atoms with Gasteiger partial charge in [-0.25, -0.2) is 13.6 Å². The van der Waals surface area contributed by atoms with Crippen LogP contribution in [0.5, 0.6) is 0 Å². The second-order valence-corrected chi connectivity index (χ2v) is 8.29. The lowest BCUT2D eigenvalue weighted by Crippen LogP contribution is -2.42. The van der Waals surface area contributed by atoms with Crippen molar-refractivity contribution >= 4 is 11.3 Å². The van der Waals surface area contributed by atoms with Gasteiger partial charge in [-0.3, -0.25) is 9.45 Å². The highest BCUT2D eigenvalue weighted by Gasteiger charge is 2.29. The van der Waals surface area contributed by atoms with Gasteiger partial charge in [0, 0.05) is 25.6 Å². The van der Waals surface area contributed by atoms with Gasteiger partial charge in [0.25, 0.3) is 0 Å². The summed E-state index contributed by atoms with van der Waals surface area (Å²) < 4.78 is 24.0. The smallest absolute Gasteiger partial charge is 0.232 e. The van der Waals surface area contributed by atoms with E-state index in [4.69, 9.17) is 4.55 Å². The highest BCUT2D eigenvalue weighted by Crippen LogP contribution is 2.29. The number of hydrogen-bond acceptors (Lipinski definition) is 5. The van der Waals surface area contributed by atoms with Crippen molar-refractivity contribution in [1.29, 1.82) is 0 Å². The Kier molecular flexibility index (Phi) is 6.66. The molecule has 3 atom stereocenters. The molecular formula is C21H25N5O3S. The molecule has 1 fully saturated rings. The summed E-state index contributed by atoms with van der Waals surface area (Å²) in [7, 11) is 0. The quantitative estimate of drug-likeness (QED) is 0.497. The third kappa shape index (κ3) is 5.18. The van der Waals surface area contributed by atoms with E-state index in [2.05, 4.69) is 19.9 Å². The Hall–Kier alpha value is -2.43. The van der Waals surface area contributed by atoms with Crippen molar-refractivity contribution in [2.24, 2.45) is 0 Å². The van der Waals surface area contributed by atoms with Crippen LogP contribution in [0.2, 0.25) is 0 Å². The molecule has 158 valence electrons. The van der Waals surface area contributed by atoms with E-state index < -0.39 is 17.4 Å². The molecule has 3 N–H and O–H groups in total. The molecule has 1 aliphatic rings. The van der Waals surface area contributed by atoms with E-state index >= 15 is 0 Å². The summed E-state index contributed by atoms with van der Waals surface area (Å²) in [6.07, 6.45) is 2.27. The molecule has 0 saturated carbocycles. The average Bonchev–Trinajstić information content (AvgIpc) is 3.22. The van der Waals surface area contributed by atoms with Crippen LogP contribution in [0.4, 0.5) is 0 Å². The summed E-state index contributed by atoms with van der Waals surface area (Å²) in [5.41, 5.74) is 3.81. The fraction of sp³-hybridized carbons (Fsp3) is 0.333. The zero-order valence-corrected chi connectivity index (χ0v) is 17.3. The molecule has 0 bridgehead atoms. The number of nitrogens with one attached hydrogen (secondary N) is 1. The van der Waals surface area contributed by atoms with Crippen LogP contribution < -0.4 is 4.72 Å². The van der Waals surface area contributed by atoms with Gasteiger partial charge in [-0.15, -0.1) is 5.10 Å². The van der Waals surface area contributed by atoms with Crippen molar-refractivity contribution in [3.63, 3.8) is 0 Å². The monoisotopic (exact) mass is 427 g/mol. The van der Waals surface area contributed by atoms with Crippen LogP contribution in [0, 0.1) is 0 Å². The van der Waals surface area contributed by atoms with Crippen molar-refractivity contribution in [2.45, 2.75) is 31.5 Å². The molecule has 1 aromatic heterocycles. The van der Waals surface area contributed by atoms with Crippen LogP contribution in [-0.4, -0.2) is 53.0 Å². The second kappa shape index (κ2) is 9.59. The number of benzene rings is 2. The van der Waals surface area contributed by atoms with E-state index in [0.29, 0.717) is 19.6 Å². The lowest BCUT2D eigenvalue weighted by atomic mass is 9.86. The molecule has 9 heteroatoms. The fourth-order valence-electron chi connectivity index (χ4n) is 3.92. The van der Waals surface area contributed by atoms with Gasteiger partial charge in [0.15, 0.2) is 0 Å². The fourth-order valence-corrected chi connectivity index (χ4v) is 4.21. The molecule has 30 heavy (non-hydrogen) atoms. The first-order valence-electron chi connectivity index (χ1n) is 9.89. The van der Waals surface area contributed by atoms with E-state index in [1.807, 2.05) is 60.8 Å². The number of β-amino-alcohol motifs (C(OH)–C–C–N with tert-alkyl or cyclic N) is 1. The van der Waals surface area contributed by atoms with Gasteiger partial charge in [0.2, 0.25) is 11.3 Å². The summed E-state index contributed by atoms with van der Waals surface area (Å²) in [4.78, 5) is 2.20. The van der Waals surface area contributed by atoms with Gasteiger partial charge in [0.1, 0.15) is 0 Å². The van der Waals surface area contributed by atoms with Gasteiger partial charge < -0.3 is 5.11 Å². The number of hydrogen-bond donors (Lipinski definition) is 3. The van der Waals surface area contributed by atoms with Crippen LogP contribution in [0.25, 0.3) is 5.69 Å². The number of likely N-dealkylation sites (tertiary alicyclic amines) is 1. The number of rotatable bonds is 7. The van der Waals surface area contributed by atoms with Crippen molar-refractivity contribution in [1.82, 2.24) is 24.6 Å². The number of aromatic nitrogens is 3. The van der Waals surface area contributed by atoms with Crippen molar-refractivity contribution in [3.8, 4) is 5.69 Å². The minimum atomic E-state index is -2.04. The maximum absolute atomic E-state index is 10.8. The lowest BCUT2D eigenvalue weighted by Gasteiger charge is -2.36. The molecule has 1 unspecified atom stereocenters. The highest BCUT2D eigenvalue weighted by molar-refractivity contribution is 7.77. The SMILES string of the molecule is O=S(O)NCc1cccc([C@@H]2CCN(Cc3cn(-c4ccccc4)nn3)C[C@@H]2O)c1. The van der Waals surface area contributed by atoms with Gasteiger partial charge >= 0.3 is 0 Å². The number of aliphatic hydroxyl groups excluding tert-OH is 1. The molecule has 2 heterocycles. The number of piperidine rings is 1. The summed E-state index contributed by atoms with van der Waals surface area (Å²) >= 11 is -2.04. The largest absolute Gasteiger partial charge is 0.391 e. The second-order valence-electron chi connectivity index (χ2n) is 7.50. The Morgan fingerprint density at radius 1 is 1.17 bits per heavy atom. The van der Waals surface area contributed by atoms with Crippen LogP contribution >= 0.6 is 0 Å². The molecule has 0 amide bonds. The highest BCUT2D eigenvalue weighted by atomic mass is 32.2. The molecular weight excluding hydrogens is 402 g/mol. The molecule has 1 aliphatic heterocycles. The molecule has 1 saturated heterocycles. The first-order chi connectivity index (χ1) is 14.6. The Balaban J connectivity index is 1.36. The van der Waals surface area contributed by atoms with Gasteiger partial charge in [-0.05, 0) is 36.2 Å². The predicted octanol–water partition coefficient (Wildman–Crippen LogP) is 1.84. The van der Waals surface area contributed by atoms with E-state index in [9.17, 15) is 9.32 Å². The van der Waals surface area contributed by atoms with Crippen LogP contribution in [0.3, 0.4) is 0 Å². The Morgan fingerprint density at radius 2 is 2.00 bits per heavy atom. The maximum Gasteiger partial charge on any atom is 0.232 e. The normalized spacial score (nSPS) is 20.9. The lowest BCUT2D eigenvalue weighted by molar-refractivity contribution is 0.0471. The Morgan fingerprint density at radius 3 is 2.77 bits per heavy atom. The van der Waals surface area contributed by atoms with E-state index in [1.165, 1.54) is 0 Å². The Labute approximate surface area is 178 Å². The minimum absolute atomic E-state index is 0.0424. The average molecular weight is 428 g/mol.